The molecular formula is C38H44N2O11. The van der Waals surface area contributed by atoms with E-state index < -0.39 is 23.3 Å². The van der Waals surface area contributed by atoms with Crippen LogP contribution in [0.1, 0.15) is 48.0 Å². The van der Waals surface area contributed by atoms with E-state index in [0.29, 0.717) is 90.3 Å². The fourth-order valence-corrected chi connectivity index (χ4v) is 4.40. The normalized spacial score (nSPS) is 10.9. The quantitative estimate of drug-likeness (QED) is 0.0597. The summed E-state index contributed by atoms with van der Waals surface area (Å²) in [5, 5.41) is 18.4. The van der Waals surface area contributed by atoms with Crippen molar-refractivity contribution in [1.29, 1.82) is 0 Å². The lowest BCUT2D eigenvalue weighted by Gasteiger charge is -2.25. The molecule has 272 valence electrons. The molecule has 0 aliphatic heterocycles. The van der Waals surface area contributed by atoms with Crippen LogP contribution in [0.25, 0.3) is 6.08 Å². The van der Waals surface area contributed by atoms with Crippen LogP contribution < -0.4 is 4.90 Å². The van der Waals surface area contributed by atoms with Crippen molar-refractivity contribution in [3.8, 4) is 11.8 Å². The molecule has 0 radical (unpaired) electrons. The summed E-state index contributed by atoms with van der Waals surface area (Å²) in [5.41, 5.74) is 2.21. The average Bonchev–Trinajstić information content (AvgIpc) is 3.14. The predicted molar refractivity (Wildman–Crippen MR) is 190 cm³/mol. The lowest BCUT2D eigenvalue weighted by molar-refractivity contribution is 0.0235. The number of anilines is 1. The van der Waals surface area contributed by atoms with E-state index in [2.05, 4.69) is 21.7 Å². The van der Waals surface area contributed by atoms with Crippen molar-refractivity contribution < 1.29 is 53.0 Å². The number of carbonyl (C=O) groups excluding carboxylic acids is 1. The van der Waals surface area contributed by atoms with E-state index in [-0.39, 0.29) is 11.3 Å². The van der Waals surface area contributed by atoms with E-state index in [1.54, 1.807) is 44.6 Å². The third-order valence-electron chi connectivity index (χ3n) is 7.09. The van der Waals surface area contributed by atoms with Gasteiger partial charge in [-0.2, -0.15) is 0 Å². The van der Waals surface area contributed by atoms with Gasteiger partial charge in [-0.1, -0.05) is 30.0 Å². The average molecular weight is 705 g/mol. The van der Waals surface area contributed by atoms with E-state index >= 15 is 0 Å². The van der Waals surface area contributed by atoms with Crippen molar-refractivity contribution in [2.45, 2.75) is 0 Å². The molecule has 0 bridgehead atoms. The molecule has 13 heteroatoms. The van der Waals surface area contributed by atoms with Gasteiger partial charge in [0.05, 0.1) is 66.1 Å². The van der Waals surface area contributed by atoms with Crippen LogP contribution in [-0.2, 0) is 28.4 Å². The number of aromatic carboxylic acids is 2. The van der Waals surface area contributed by atoms with E-state index in [1.165, 1.54) is 18.2 Å². The SMILES string of the molecule is COCCOCCOCCN(CCOCCOCCOC)c1ccc(C=CC(=O)c2ccc(C#Cc3cc(C(=O)O)nc(C(=O)O)c3)cc2)cc1. The van der Waals surface area contributed by atoms with Gasteiger partial charge in [-0.3, -0.25) is 4.79 Å². The van der Waals surface area contributed by atoms with Crippen LogP contribution in [0.15, 0.2) is 66.7 Å². The maximum atomic E-state index is 12.9. The minimum absolute atomic E-state index is 0.192. The van der Waals surface area contributed by atoms with Gasteiger partial charge < -0.3 is 43.5 Å². The van der Waals surface area contributed by atoms with Crippen LogP contribution in [0, 0.1) is 11.8 Å². The number of rotatable bonds is 24. The first kappa shape index (κ1) is 40.5. The van der Waals surface area contributed by atoms with E-state index in [1.807, 2.05) is 24.3 Å². The number of carbonyl (C=O) groups is 3. The number of methoxy groups -OCH3 is 2. The number of pyridine rings is 1. The number of ketones is 1. The number of carboxylic acid groups (broad SMARTS) is 2. The first-order valence-electron chi connectivity index (χ1n) is 16.3. The zero-order valence-electron chi connectivity index (χ0n) is 28.9. The Kier molecular flexibility index (Phi) is 18.6. The summed E-state index contributed by atoms with van der Waals surface area (Å²) in [6, 6.07) is 16.8. The standard InChI is InChI=1S/C38H44N2O11/c1-46-19-21-50-25-23-48-17-15-40(16-18-49-24-26-51-22-20-47-2)33-12-7-30(8-13-33)9-14-36(41)32-10-5-29(6-11-32)3-4-31-27-34(37(42)43)39-35(28-31)38(44)45/h5-14,27-28H,15-26H2,1-2H3,(H,42,43)(H,44,45). The van der Waals surface area contributed by atoms with Crippen LogP contribution in [0.3, 0.4) is 0 Å². The Hall–Kier alpha value is -4.94. The summed E-state index contributed by atoms with van der Waals surface area (Å²) in [6.07, 6.45) is 3.24. The zero-order valence-corrected chi connectivity index (χ0v) is 28.9. The summed E-state index contributed by atoms with van der Waals surface area (Å²) in [7, 11) is 3.26. The minimum atomic E-state index is -1.36. The molecule has 2 N–H and O–H groups in total. The molecule has 13 nitrogen and oxygen atoms in total. The summed E-state index contributed by atoms with van der Waals surface area (Å²) in [4.78, 5) is 41.2. The molecule has 0 aliphatic carbocycles. The molecule has 0 saturated heterocycles. The molecule has 3 rings (SSSR count). The number of ether oxygens (including phenoxy) is 6. The highest BCUT2D eigenvalue weighted by molar-refractivity contribution is 6.06. The fraction of sp³-hybridized carbons (Fsp3) is 0.368. The van der Waals surface area contributed by atoms with Crippen molar-refractivity contribution in [2.75, 3.05) is 98.3 Å². The third-order valence-corrected chi connectivity index (χ3v) is 7.09. The van der Waals surface area contributed by atoms with Gasteiger partial charge in [0.1, 0.15) is 11.4 Å². The number of aromatic nitrogens is 1. The molecule has 0 atom stereocenters. The third kappa shape index (κ3) is 15.7. The van der Waals surface area contributed by atoms with Gasteiger partial charge in [-0.25, -0.2) is 14.6 Å². The zero-order chi connectivity index (χ0) is 36.7. The highest BCUT2D eigenvalue weighted by Crippen LogP contribution is 2.17. The van der Waals surface area contributed by atoms with Gasteiger partial charge in [0.25, 0.3) is 0 Å². The van der Waals surface area contributed by atoms with Crippen LogP contribution in [0.5, 0.6) is 0 Å². The Morgan fingerprint density at radius 3 is 1.61 bits per heavy atom. The van der Waals surface area contributed by atoms with Crippen LogP contribution >= 0.6 is 0 Å². The number of nitrogens with zero attached hydrogens (tertiary/aromatic N) is 2. The topological polar surface area (TPSA) is 163 Å². The molecule has 0 unspecified atom stereocenters. The molecular weight excluding hydrogens is 660 g/mol. The van der Waals surface area contributed by atoms with Gasteiger partial charge >= 0.3 is 11.9 Å². The Morgan fingerprint density at radius 1 is 0.647 bits per heavy atom. The first-order chi connectivity index (χ1) is 24.8. The van der Waals surface area contributed by atoms with Crippen molar-refractivity contribution in [3.63, 3.8) is 0 Å². The summed E-state index contributed by atoms with van der Waals surface area (Å²) in [5.74, 6) is 2.71. The van der Waals surface area contributed by atoms with Crippen molar-refractivity contribution in [2.24, 2.45) is 0 Å². The number of allylic oxidation sites excluding steroid dienone is 1. The van der Waals surface area contributed by atoms with E-state index in [9.17, 15) is 24.6 Å². The van der Waals surface area contributed by atoms with Crippen molar-refractivity contribution >= 4 is 29.5 Å². The van der Waals surface area contributed by atoms with Crippen molar-refractivity contribution in [3.05, 3.63) is 100 Å². The Bertz CT molecular complexity index is 1560. The summed E-state index contributed by atoms with van der Waals surface area (Å²) < 4.78 is 32.4. The van der Waals surface area contributed by atoms with Crippen LogP contribution in [0.4, 0.5) is 5.69 Å². The van der Waals surface area contributed by atoms with Gasteiger partial charge in [0, 0.05) is 49.7 Å². The number of hydrogen-bond acceptors (Lipinski definition) is 11. The van der Waals surface area contributed by atoms with Crippen LogP contribution in [0.2, 0.25) is 0 Å². The first-order valence-corrected chi connectivity index (χ1v) is 16.3. The lowest BCUT2D eigenvalue weighted by Crippen LogP contribution is -2.31. The number of benzene rings is 2. The second kappa shape index (κ2) is 23.5. The van der Waals surface area contributed by atoms with Crippen molar-refractivity contribution in [1.82, 2.24) is 4.98 Å². The molecule has 2 aromatic carbocycles. The second-order valence-corrected chi connectivity index (χ2v) is 10.8. The van der Waals surface area contributed by atoms with Gasteiger partial charge in [0.15, 0.2) is 5.78 Å². The minimum Gasteiger partial charge on any atom is -0.477 e. The maximum absolute atomic E-state index is 12.9. The monoisotopic (exact) mass is 704 g/mol. The van der Waals surface area contributed by atoms with Crippen LogP contribution in [-0.4, -0.2) is 126 Å². The molecule has 51 heavy (non-hydrogen) atoms. The van der Waals surface area contributed by atoms with Gasteiger partial charge in [-0.05, 0) is 60.2 Å². The number of hydrogen-bond donors (Lipinski definition) is 2. The van der Waals surface area contributed by atoms with Gasteiger partial charge in [0.2, 0.25) is 0 Å². The Balaban J connectivity index is 1.57. The second-order valence-electron chi connectivity index (χ2n) is 10.8. The molecule has 3 aromatic rings. The molecule has 0 spiro atoms. The van der Waals surface area contributed by atoms with E-state index in [0.717, 1.165) is 11.3 Å². The Morgan fingerprint density at radius 2 is 1.12 bits per heavy atom. The predicted octanol–water partition coefficient (Wildman–Crippen LogP) is 3.94. The molecule has 0 amide bonds. The van der Waals surface area contributed by atoms with E-state index in [4.69, 9.17) is 28.4 Å². The Labute approximate surface area is 297 Å². The molecule has 0 fully saturated rings. The molecule has 1 heterocycles. The highest BCUT2D eigenvalue weighted by atomic mass is 16.5. The molecule has 0 saturated carbocycles. The lowest BCUT2D eigenvalue weighted by atomic mass is 10.1. The smallest absolute Gasteiger partial charge is 0.354 e. The summed E-state index contributed by atoms with van der Waals surface area (Å²) in [6.45, 7) is 6.41. The summed E-state index contributed by atoms with van der Waals surface area (Å²) >= 11 is 0. The largest absolute Gasteiger partial charge is 0.477 e. The maximum Gasteiger partial charge on any atom is 0.354 e. The molecule has 1 aromatic heterocycles. The fourth-order valence-electron chi connectivity index (χ4n) is 4.40. The van der Waals surface area contributed by atoms with Gasteiger partial charge in [-0.15, -0.1) is 0 Å². The molecule has 0 aliphatic rings. The highest BCUT2D eigenvalue weighted by Gasteiger charge is 2.13. The number of carboxylic acids is 2.